The predicted octanol–water partition coefficient (Wildman–Crippen LogP) is 3.62. The average Bonchev–Trinajstić information content (AvgIpc) is 2.98. The molecular weight excluding hydrogens is 297 g/mol. The second kappa shape index (κ2) is 6.89. The zero-order chi connectivity index (χ0) is 16.2. The van der Waals surface area contributed by atoms with E-state index < -0.39 is 11.8 Å². The van der Waals surface area contributed by atoms with E-state index in [1.807, 2.05) is 0 Å². The second-order valence-corrected chi connectivity index (χ2v) is 6.10. The van der Waals surface area contributed by atoms with E-state index in [1.165, 1.54) is 42.9 Å². The molecule has 1 fully saturated rings. The normalized spacial score (nSPS) is 15.7. The first kappa shape index (κ1) is 15.6. The monoisotopic (exact) mass is 317 g/mol. The van der Waals surface area contributed by atoms with Crippen LogP contribution in [0.3, 0.4) is 0 Å². The number of carboxylic acids is 1. The molecule has 122 valence electrons. The van der Waals surface area contributed by atoms with Crippen LogP contribution in [0.2, 0.25) is 0 Å². The Kier molecular flexibility index (Phi) is 4.69. The van der Waals surface area contributed by atoms with E-state index in [0.717, 1.165) is 6.42 Å². The molecule has 1 aliphatic rings. The van der Waals surface area contributed by atoms with Crippen molar-refractivity contribution < 1.29 is 14.3 Å². The van der Waals surface area contributed by atoms with Gasteiger partial charge in [-0.1, -0.05) is 49.5 Å². The standard InChI is InChI=1S/C17H20FN3O2/c18-13-8-4-5-9-14(13)21-15(16(17(22)23)19-20-21)11-10-12-6-2-1-3-7-12/h4-5,8-9,12H,1-3,6-7,10-11H2,(H,22,23). The van der Waals surface area contributed by atoms with Crippen molar-refractivity contribution in [2.24, 2.45) is 5.92 Å². The van der Waals surface area contributed by atoms with Crippen LogP contribution in [0, 0.1) is 11.7 Å². The Morgan fingerprint density at radius 3 is 2.70 bits per heavy atom. The van der Waals surface area contributed by atoms with Gasteiger partial charge in [0.1, 0.15) is 11.5 Å². The minimum atomic E-state index is -1.12. The predicted molar refractivity (Wildman–Crippen MR) is 83.2 cm³/mol. The van der Waals surface area contributed by atoms with Crippen molar-refractivity contribution in [3.05, 3.63) is 41.5 Å². The first-order valence-corrected chi connectivity index (χ1v) is 8.09. The maximum atomic E-state index is 14.0. The van der Waals surface area contributed by atoms with E-state index >= 15 is 0 Å². The molecule has 3 rings (SSSR count). The van der Waals surface area contributed by atoms with Crippen LogP contribution in [0.5, 0.6) is 0 Å². The summed E-state index contributed by atoms with van der Waals surface area (Å²) >= 11 is 0. The highest BCUT2D eigenvalue weighted by atomic mass is 19.1. The van der Waals surface area contributed by atoms with Crippen molar-refractivity contribution in [1.82, 2.24) is 15.0 Å². The van der Waals surface area contributed by atoms with Gasteiger partial charge in [-0.05, 0) is 30.9 Å². The van der Waals surface area contributed by atoms with Gasteiger partial charge in [-0.25, -0.2) is 13.9 Å². The van der Waals surface area contributed by atoms with Crippen LogP contribution in [0.25, 0.3) is 5.69 Å². The largest absolute Gasteiger partial charge is 0.476 e. The van der Waals surface area contributed by atoms with E-state index in [0.29, 0.717) is 18.0 Å². The minimum absolute atomic E-state index is 0.0796. The van der Waals surface area contributed by atoms with Gasteiger partial charge in [-0.3, -0.25) is 0 Å². The second-order valence-electron chi connectivity index (χ2n) is 6.10. The maximum Gasteiger partial charge on any atom is 0.358 e. The zero-order valence-electron chi connectivity index (χ0n) is 12.9. The Morgan fingerprint density at radius 1 is 1.26 bits per heavy atom. The Bertz CT molecular complexity index is 693. The minimum Gasteiger partial charge on any atom is -0.476 e. The molecule has 2 aromatic rings. The Morgan fingerprint density at radius 2 is 2.00 bits per heavy atom. The lowest BCUT2D eigenvalue weighted by Gasteiger charge is -2.21. The number of nitrogens with zero attached hydrogens (tertiary/aromatic N) is 3. The summed E-state index contributed by atoms with van der Waals surface area (Å²) in [6, 6.07) is 6.21. The van der Waals surface area contributed by atoms with E-state index in [4.69, 9.17) is 0 Å². The Hall–Kier alpha value is -2.24. The topological polar surface area (TPSA) is 68.0 Å². The number of para-hydroxylation sites is 1. The molecule has 5 nitrogen and oxygen atoms in total. The van der Waals surface area contributed by atoms with Crippen LogP contribution < -0.4 is 0 Å². The van der Waals surface area contributed by atoms with Gasteiger partial charge < -0.3 is 5.11 Å². The van der Waals surface area contributed by atoms with Crippen LogP contribution in [0.4, 0.5) is 4.39 Å². The lowest BCUT2D eigenvalue weighted by atomic mass is 9.85. The molecule has 0 spiro atoms. The summed E-state index contributed by atoms with van der Waals surface area (Å²) in [6.45, 7) is 0. The molecule has 0 saturated heterocycles. The molecule has 1 saturated carbocycles. The molecule has 0 aliphatic heterocycles. The Balaban J connectivity index is 1.88. The van der Waals surface area contributed by atoms with Crippen LogP contribution in [-0.4, -0.2) is 26.1 Å². The van der Waals surface area contributed by atoms with Gasteiger partial charge in [0.2, 0.25) is 0 Å². The molecule has 1 N–H and O–H groups in total. The molecule has 0 unspecified atom stereocenters. The number of aromatic carboxylic acids is 1. The van der Waals surface area contributed by atoms with Crippen molar-refractivity contribution in [1.29, 1.82) is 0 Å². The summed E-state index contributed by atoms with van der Waals surface area (Å²) in [5.41, 5.74) is 0.642. The van der Waals surface area contributed by atoms with E-state index in [9.17, 15) is 14.3 Å². The summed E-state index contributed by atoms with van der Waals surface area (Å²) in [5.74, 6) is -0.950. The highest BCUT2D eigenvalue weighted by Gasteiger charge is 2.23. The molecule has 1 heterocycles. The number of carbonyl (C=O) groups is 1. The summed E-state index contributed by atoms with van der Waals surface area (Å²) in [6.07, 6.45) is 7.57. The van der Waals surface area contributed by atoms with Crippen molar-refractivity contribution in [3.63, 3.8) is 0 Å². The number of carboxylic acid groups (broad SMARTS) is 1. The number of hydrogen-bond donors (Lipinski definition) is 1. The summed E-state index contributed by atoms with van der Waals surface area (Å²) in [5, 5.41) is 16.9. The van der Waals surface area contributed by atoms with Crippen molar-refractivity contribution in [2.45, 2.75) is 44.9 Å². The molecule has 0 radical (unpaired) electrons. The first-order chi connectivity index (χ1) is 11.2. The fourth-order valence-electron chi connectivity index (χ4n) is 3.33. The fourth-order valence-corrected chi connectivity index (χ4v) is 3.33. The van der Waals surface area contributed by atoms with Gasteiger partial charge in [0.15, 0.2) is 5.69 Å². The Labute approximate surface area is 134 Å². The smallest absolute Gasteiger partial charge is 0.358 e. The SMILES string of the molecule is O=C(O)c1nnn(-c2ccccc2F)c1CCC1CCCCC1. The lowest BCUT2D eigenvalue weighted by molar-refractivity contribution is 0.0689. The molecule has 1 aromatic heterocycles. The van der Waals surface area contributed by atoms with Gasteiger partial charge in [0.05, 0.1) is 5.69 Å². The van der Waals surface area contributed by atoms with E-state index in [-0.39, 0.29) is 11.4 Å². The average molecular weight is 317 g/mol. The third kappa shape index (κ3) is 3.41. The highest BCUT2D eigenvalue weighted by molar-refractivity contribution is 5.86. The molecule has 0 atom stereocenters. The molecule has 23 heavy (non-hydrogen) atoms. The summed E-state index contributed by atoms with van der Waals surface area (Å²) in [4.78, 5) is 11.4. The van der Waals surface area contributed by atoms with Gasteiger partial charge in [0, 0.05) is 0 Å². The number of aromatic nitrogens is 3. The molecule has 0 amide bonds. The van der Waals surface area contributed by atoms with Crippen molar-refractivity contribution in [2.75, 3.05) is 0 Å². The van der Waals surface area contributed by atoms with Gasteiger partial charge in [-0.15, -0.1) is 5.10 Å². The van der Waals surface area contributed by atoms with Gasteiger partial charge in [0.25, 0.3) is 0 Å². The van der Waals surface area contributed by atoms with Crippen LogP contribution in [-0.2, 0) is 6.42 Å². The number of rotatable bonds is 5. The molecule has 1 aromatic carbocycles. The third-order valence-corrected chi connectivity index (χ3v) is 4.56. The maximum absolute atomic E-state index is 14.0. The summed E-state index contributed by atoms with van der Waals surface area (Å²) < 4.78 is 15.4. The zero-order valence-corrected chi connectivity index (χ0v) is 12.9. The van der Waals surface area contributed by atoms with E-state index in [1.54, 1.807) is 18.2 Å². The molecule has 1 aliphatic carbocycles. The third-order valence-electron chi connectivity index (χ3n) is 4.56. The van der Waals surface area contributed by atoms with Crippen molar-refractivity contribution >= 4 is 5.97 Å². The van der Waals surface area contributed by atoms with Crippen LogP contribution in [0.15, 0.2) is 24.3 Å². The summed E-state index contributed by atoms with van der Waals surface area (Å²) in [7, 11) is 0. The van der Waals surface area contributed by atoms with Gasteiger partial charge >= 0.3 is 5.97 Å². The van der Waals surface area contributed by atoms with Crippen LogP contribution in [0.1, 0.15) is 54.7 Å². The molecule has 0 bridgehead atoms. The number of benzene rings is 1. The van der Waals surface area contributed by atoms with E-state index in [2.05, 4.69) is 10.3 Å². The molecule has 6 heteroatoms. The highest BCUT2D eigenvalue weighted by Crippen LogP contribution is 2.28. The number of hydrogen-bond acceptors (Lipinski definition) is 3. The lowest BCUT2D eigenvalue weighted by Crippen LogP contribution is -2.12. The molecular formula is C17H20FN3O2. The van der Waals surface area contributed by atoms with Crippen LogP contribution >= 0.6 is 0 Å². The van der Waals surface area contributed by atoms with Gasteiger partial charge in [-0.2, -0.15) is 0 Å². The first-order valence-electron chi connectivity index (χ1n) is 8.09. The fraction of sp³-hybridized carbons (Fsp3) is 0.471. The van der Waals surface area contributed by atoms with Crippen molar-refractivity contribution in [3.8, 4) is 5.69 Å². The number of halogens is 1. The quantitative estimate of drug-likeness (QED) is 0.914.